The summed E-state index contributed by atoms with van der Waals surface area (Å²) in [4.78, 5) is 135. The van der Waals surface area contributed by atoms with Gasteiger partial charge in [0.15, 0.2) is 0 Å². The Bertz CT molecular complexity index is 3640. The third-order valence-corrected chi connectivity index (χ3v) is 25.9. The number of carbonyl (C=O) groups excluding carboxylic acids is 8. The van der Waals surface area contributed by atoms with Crippen molar-refractivity contribution in [1.29, 1.82) is 0 Å². The van der Waals surface area contributed by atoms with Crippen LogP contribution in [0.3, 0.4) is 0 Å². The molecule has 5 rings (SSSR count). The predicted octanol–water partition coefficient (Wildman–Crippen LogP) is 31.4. The Morgan fingerprint density at radius 2 is 0.385 bits per heavy atom. The van der Waals surface area contributed by atoms with Gasteiger partial charge in [0, 0.05) is 112 Å². The molecule has 0 fully saturated rings. The molecule has 4 aromatic rings. The van der Waals surface area contributed by atoms with Gasteiger partial charge in [0.05, 0.1) is 56.5 Å². The summed E-state index contributed by atoms with van der Waals surface area (Å²) in [5.41, 5.74) is -5.08. The van der Waals surface area contributed by atoms with Gasteiger partial charge in [-0.25, -0.2) is 9.78 Å². The standard InChI is InChI=1S/C115H182O19S/c1-29-32-35-38-41-46-51-56-63-80-84-72-86(94(129-102(118)110(10,11)12)76-92(84)127-100(116)108(4,5)6)81(64-57-52-47-42-39-36-33-30-2)88-74-90(98(133-106(122)114(22,23)24)78-96(88)131-104(120)112(16,17)18)83(66-59-54-49-44-45-50-55-62-70-135-71-69-126-125-68-61-60-67-124-28)91-75-89(97(132-105(121)113(19,20)21)79-99(91)134-107(123)115(25,26)27)82(65-58-53-48-43-40-37-34-31-3)87-73-85(80)93(128-101(117)109(7,8)9)77-95(87)130-103(119)111(13,14)15/h72-83H,29-71H2,1-28H3. The molecule has 1 aliphatic rings. The first kappa shape index (κ1) is 118. The van der Waals surface area contributed by atoms with E-state index in [0.717, 1.165) is 204 Å². The highest BCUT2D eigenvalue weighted by Gasteiger charge is 2.42. The summed E-state index contributed by atoms with van der Waals surface area (Å²) in [6.45, 7) is 51.2. The average molecular weight is 1900 g/mol. The van der Waals surface area contributed by atoms with E-state index in [1.54, 1.807) is 198 Å². The first-order chi connectivity index (χ1) is 63.3. The highest BCUT2D eigenvalue weighted by molar-refractivity contribution is 7.99. The van der Waals surface area contributed by atoms with Crippen LogP contribution in [0.1, 0.15) is 499 Å². The molecule has 0 radical (unpaired) electrons. The van der Waals surface area contributed by atoms with Gasteiger partial charge in [0.2, 0.25) is 0 Å². The molecule has 762 valence electrons. The minimum absolute atomic E-state index is 0.0739. The quantitative estimate of drug-likeness (QED) is 0.0131. The number of benzene rings is 4. The molecule has 0 spiro atoms. The second-order valence-corrected chi connectivity index (χ2v) is 47.6. The average Bonchev–Trinajstić information content (AvgIpc) is 0.744. The lowest BCUT2D eigenvalue weighted by Crippen LogP contribution is -2.29. The molecule has 19 nitrogen and oxygen atoms in total. The van der Waals surface area contributed by atoms with Crippen LogP contribution >= 0.6 is 11.8 Å². The third-order valence-electron chi connectivity index (χ3n) is 24.9. The van der Waals surface area contributed by atoms with Gasteiger partial charge in [0.1, 0.15) is 46.0 Å². The lowest BCUT2D eigenvalue weighted by Gasteiger charge is -2.33. The maximum absolute atomic E-state index is 15.5. The van der Waals surface area contributed by atoms with Gasteiger partial charge < -0.3 is 42.6 Å². The number of methoxy groups -OCH3 is 1. The van der Waals surface area contributed by atoms with E-state index in [1.807, 2.05) is 36.0 Å². The van der Waals surface area contributed by atoms with E-state index in [-0.39, 0.29) is 46.0 Å². The van der Waals surface area contributed by atoms with Crippen molar-refractivity contribution in [2.45, 2.75) is 455 Å². The number of hydrogen-bond acceptors (Lipinski definition) is 20. The normalized spacial score (nSPS) is 15.1. The van der Waals surface area contributed by atoms with Crippen molar-refractivity contribution in [3.63, 3.8) is 0 Å². The van der Waals surface area contributed by atoms with Gasteiger partial charge in [-0.2, -0.15) is 11.8 Å². The van der Waals surface area contributed by atoms with Crippen molar-refractivity contribution in [1.82, 2.24) is 0 Å². The van der Waals surface area contributed by atoms with E-state index in [0.29, 0.717) is 116 Å². The summed E-state index contributed by atoms with van der Waals surface area (Å²) in [6.07, 6.45) is 33.6. The van der Waals surface area contributed by atoms with E-state index in [4.69, 9.17) is 52.4 Å². The number of esters is 8. The van der Waals surface area contributed by atoms with Crippen LogP contribution in [0.5, 0.6) is 46.0 Å². The Balaban J connectivity index is 2.30. The number of ether oxygens (including phenoxy) is 9. The Morgan fingerprint density at radius 1 is 0.215 bits per heavy atom. The summed E-state index contributed by atoms with van der Waals surface area (Å²) >= 11 is 1.86. The third kappa shape index (κ3) is 40.9. The molecule has 2 atom stereocenters. The molecule has 8 bridgehead atoms. The molecule has 2 unspecified atom stereocenters. The number of unbranched alkanes of at least 4 members (excludes halogenated alkanes) is 29. The van der Waals surface area contributed by atoms with Crippen molar-refractivity contribution in [2.75, 3.05) is 38.4 Å². The van der Waals surface area contributed by atoms with Crippen LogP contribution in [0, 0.1) is 43.3 Å². The fourth-order valence-corrected chi connectivity index (χ4v) is 16.8. The highest BCUT2D eigenvalue weighted by atomic mass is 32.2. The lowest BCUT2D eigenvalue weighted by atomic mass is 9.76. The van der Waals surface area contributed by atoms with Crippen LogP contribution in [0.25, 0.3) is 0 Å². The number of hydrogen-bond donors (Lipinski definition) is 0. The van der Waals surface area contributed by atoms with Gasteiger partial charge in [-0.3, -0.25) is 38.4 Å². The number of carbonyl (C=O) groups is 8. The van der Waals surface area contributed by atoms with Crippen LogP contribution in [0.15, 0.2) is 48.5 Å². The molecule has 0 aliphatic heterocycles. The number of thioether (sulfide) groups is 1. The van der Waals surface area contributed by atoms with Crippen molar-refractivity contribution in [2.24, 2.45) is 43.3 Å². The zero-order valence-corrected chi connectivity index (χ0v) is 90.3. The van der Waals surface area contributed by atoms with Gasteiger partial charge in [-0.15, -0.1) is 0 Å². The van der Waals surface area contributed by atoms with E-state index in [1.165, 1.54) is 0 Å². The van der Waals surface area contributed by atoms with Crippen LogP contribution in [-0.2, 0) is 52.9 Å². The molecule has 4 aromatic carbocycles. The van der Waals surface area contributed by atoms with Crippen molar-refractivity contribution >= 4 is 59.5 Å². The van der Waals surface area contributed by atoms with Gasteiger partial charge in [-0.05, 0) is 241 Å². The second kappa shape index (κ2) is 56.9. The molecule has 135 heavy (non-hydrogen) atoms. The highest BCUT2D eigenvalue weighted by Crippen LogP contribution is 2.56. The summed E-state index contributed by atoms with van der Waals surface area (Å²) in [6, 6.07) is 14.7. The topological polar surface area (TPSA) is 238 Å². The zero-order chi connectivity index (χ0) is 101. The Morgan fingerprint density at radius 3 is 0.570 bits per heavy atom. The Kier molecular flexibility index (Phi) is 49.9. The monoisotopic (exact) mass is 1900 g/mol. The first-order valence-electron chi connectivity index (χ1n) is 52.1. The summed E-state index contributed by atoms with van der Waals surface area (Å²) < 4.78 is 61.3. The molecule has 0 N–H and O–H groups in total. The van der Waals surface area contributed by atoms with Gasteiger partial charge >= 0.3 is 47.8 Å². The lowest BCUT2D eigenvalue weighted by molar-refractivity contribution is -0.290. The van der Waals surface area contributed by atoms with Crippen molar-refractivity contribution < 1.29 is 90.8 Å². The van der Waals surface area contributed by atoms with Crippen LogP contribution < -0.4 is 37.9 Å². The van der Waals surface area contributed by atoms with Crippen LogP contribution in [0.2, 0.25) is 0 Å². The molecular formula is C115H182O19S. The molecule has 0 amide bonds. The second-order valence-electron chi connectivity index (χ2n) is 46.4. The fourth-order valence-electron chi connectivity index (χ4n) is 16.0. The SMILES string of the molecule is CCCCCCCCCCC1c2cc(c(OC(=O)C(C)(C)C)cc2OC(=O)C(C)(C)C)C(CCCCCCCCCC)c2cc(c(OC(=O)C(C)(C)C)cc2OC(=O)C(C)(C)C)C(CCCCCCCCCCSCCOOCCCCOC)c2cc(c(OC(=O)C(C)(C)C)cc2OC(=O)C(C)(C)C)C(CCCCCCCCCC)c2cc1c(OC(=O)C(C)(C)C)cc2OC(=O)C(C)(C)C. The molecular weight excluding hydrogens is 1720 g/mol. The number of rotatable bonds is 55. The maximum atomic E-state index is 15.5. The fraction of sp³-hybridized carbons (Fsp3) is 0.722. The maximum Gasteiger partial charge on any atom is 0.316 e. The van der Waals surface area contributed by atoms with Crippen molar-refractivity contribution in [3.05, 3.63) is 93.0 Å². The smallest absolute Gasteiger partial charge is 0.316 e. The van der Waals surface area contributed by atoms with E-state index in [2.05, 4.69) is 20.8 Å². The summed E-state index contributed by atoms with van der Waals surface area (Å²) in [5, 5.41) is 0. The molecule has 0 saturated carbocycles. The summed E-state index contributed by atoms with van der Waals surface area (Å²) in [5.74, 6) is -5.82. The molecule has 1 aliphatic carbocycles. The first-order valence-corrected chi connectivity index (χ1v) is 53.3. The molecule has 0 saturated heterocycles. The van der Waals surface area contributed by atoms with Crippen LogP contribution in [0.4, 0.5) is 0 Å². The predicted molar refractivity (Wildman–Crippen MR) is 547 cm³/mol. The van der Waals surface area contributed by atoms with E-state index in [9.17, 15) is 0 Å². The molecule has 20 heteroatoms. The molecule has 0 heterocycles. The van der Waals surface area contributed by atoms with Crippen molar-refractivity contribution in [3.8, 4) is 46.0 Å². The van der Waals surface area contributed by atoms with E-state index < -0.39 is 115 Å². The minimum Gasteiger partial charge on any atom is -0.426 e. The number of fused-ring (bicyclic) bond motifs is 8. The Hall–Kier alpha value is -7.13. The Labute approximate surface area is 820 Å². The largest absolute Gasteiger partial charge is 0.426 e. The molecule has 0 aromatic heterocycles. The minimum atomic E-state index is -1.12. The zero-order valence-electron chi connectivity index (χ0n) is 89.5. The summed E-state index contributed by atoms with van der Waals surface area (Å²) in [7, 11) is 1.70. The van der Waals surface area contributed by atoms with E-state index >= 15 is 38.4 Å². The van der Waals surface area contributed by atoms with Gasteiger partial charge in [-0.1, -0.05) is 220 Å². The van der Waals surface area contributed by atoms with Crippen LogP contribution in [-0.4, -0.2) is 86.2 Å². The van der Waals surface area contributed by atoms with Gasteiger partial charge in [0.25, 0.3) is 0 Å².